The summed E-state index contributed by atoms with van der Waals surface area (Å²) >= 11 is 0. The molecule has 0 saturated heterocycles. The van der Waals surface area contributed by atoms with Gasteiger partial charge in [-0.3, -0.25) is 4.57 Å². The van der Waals surface area contributed by atoms with E-state index in [1.165, 1.54) is 16.7 Å². The van der Waals surface area contributed by atoms with Crippen LogP contribution in [0.1, 0.15) is 33.7 Å². The van der Waals surface area contributed by atoms with Crippen LogP contribution in [0.4, 0.5) is 0 Å². The maximum atomic E-state index is 6.81. The standard InChI is InChI=1S/C50H33N5O2.Pt/c1-29-20-47(52-27-30(29)2)55-46-26-36(17-19-45(46)54-44-15-9-8-14-42(44)53-50(54)55)56-37-24-40-39-18-16-32-12-6-7-13-38(32)48(39)57-49(40)41(25-37)43-23-34-21-33(22-35(34)28-51-43)31-10-4-3-5-11-31;/h3-20,23-24,27-28,33H,21-22H2,1-2H3;/q-2;+2. The predicted octanol–water partition coefficient (Wildman–Crippen LogP) is 11.8. The van der Waals surface area contributed by atoms with Crippen LogP contribution in [0.2, 0.25) is 0 Å². The van der Waals surface area contributed by atoms with Crippen LogP contribution in [0.15, 0.2) is 138 Å². The molecule has 8 heteroatoms. The van der Waals surface area contributed by atoms with Crippen molar-refractivity contribution in [2.45, 2.75) is 32.6 Å². The van der Waals surface area contributed by atoms with E-state index in [0.717, 1.165) is 102 Å². The van der Waals surface area contributed by atoms with Gasteiger partial charge in [0.1, 0.15) is 11.4 Å². The van der Waals surface area contributed by atoms with Crippen LogP contribution >= 0.6 is 0 Å². The number of imidazole rings is 2. The molecule has 11 aromatic rings. The molecule has 0 spiro atoms. The van der Waals surface area contributed by atoms with Gasteiger partial charge in [0.25, 0.3) is 0 Å². The molecule has 1 aliphatic rings. The first-order chi connectivity index (χ1) is 28.0. The molecule has 12 rings (SSSR count). The summed E-state index contributed by atoms with van der Waals surface area (Å²) in [5, 5.41) is 4.13. The molecule has 7 nitrogen and oxygen atoms in total. The number of ether oxygens (including phenoxy) is 1. The van der Waals surface area contributed by atoms with E-state index in [2.05, 4.69) is 126 Å². The van der Waals surface area contributed by atoms with Crippen molar-refractivity contribution in [3.63, 3.8) is 0 Å². The Morgan fingerprint density at radius 3 is 2.40 bits per heavy atom. The van der Waals surface area contributed by atoms with Gasteiger partial charge in [-0.2, -0.15) is 0 Å². The van der Waals surface area contributed by atoms with Crippen molar-refractivity contribution in [2.75, 3.05) is 0 Å². The fraction of sp³-hybridized carbons (Fsp3) is 0.100. The summed E-state index contributed by atoms with van der Waals surface area (Å²) in [5.74, 6) is 3.06. The number of hydrogen-bond donors (Lipinski definition) is 0. The van der Waals surface area contributed by atoms with Crippen molar-refractivity contribution in [3.8, 4) is 28.6 Å². The third-order valence-corrected chi connectivity index (χ3v) is 11.8. The maximum Gasteiger partial charge on any atom is 2.00 e. The maximum absolute atomic E-state index is 6.81. The number of aromatic nitrogens is 5. The van der Waals surface area contributed by atoms with E-state index >= 15 is 0 Å². The van der Waals surface area contributed by atoms with E-state index in [-0.39, 0.29) is 21.1 Å². The van der Waals surface area contributed by atoms with Crippen molar-refractivity contribution in [1.29, 1.82) is 0 Å². The minimum atomic E-state index is 0. The Bertz CT molecular complexity index is 3440. The molecule has 5 aromatic heterocycles. The molecule has 0 amide bonds. The van der Waals surface area contributed by atoms with Gasteiger partial charge in [-0.05, 0) is 101 Å². The smallest absolute Gasteiger partial charge is 0.503 e. The van der Waals surface area contributed by atoms with Crippen LogP contribution in [-0.4, -0.2) is 23.9 Å². The molecule has 0 aliphatic heterocycles. The van der Waals surface area contributed by atoms with E-state index < -0.39 is 0 Å². The molecule has 1 aliphatic carbocycles. The quantitative estimate of drug-likeness (QED) is 0.161. The van der Waals surface area contributed by atoms with Crippen LogP contribution in [-0.2, 0) is 33.9 Å². The number of nitrogens with zero attached hydrogens (tertiary/aromatic N) is 5. The first-order valence-electron chi connectivity index (χ1n) is 19.3. The van der Waals surface area contributed by atoms with Crippen molar-refractivity contribution < 1.29 is 30.2 Å². The van der Waals surface area contributed by atoms with Crippen molar-refractivity contribution in [3.05, 3.63) is 174 Å². The van der Waals surface area contributed by atoms with Crippen LogP contribution in [0.3, 0.4) is 0 Å². The summed E-state index contributed by atoms with van der Waals surface area (Å²) in [7, 11) is 0. The summed E-state index contributed by atoms with van der Waals surface area (Å²) in [5.41, 5.74) is 13.1. The molecule has 0 saturated carbocycles. The molecular weight excluding hydrogens is 898 g/mol. The summed E-state index contributed by atoms with van der Waals surface area (Å²) in [6.07, 6.45) is 5.89. The van der Waals surface area contributed by atoms with Gasteiger partial charge in [0.15, 0.2) is 0 Å². The molecule has 1 atom stereocenters. The van der Waals surface area contributed by atoms with Gasteiger partial charge >= 0.3 is 21.1 Å². The average Bonchev–Trinajstić information content (AvgIpc) is 4.02. The van der Waals surface area contributed by atoms with Gasteiger partial charge in [-0.15, -0.1) is 18.2 Å². The first-order valence-corrected chi connectivity index (χ1v) is 19.3. The van der Waals surface area contributed by atoms with Crippen LogP contribution < -0.4 is 4.74 Å². The second-order valence-corrected chi connectivity index (χ2v) is 15.2. The fourth-order valence-corrected chi connectivity index (χ4v) is 8.79. The molecule has 0 fully saturated rings. The van der Waals surface area contributed by atoms with E-state index in [4.69, 9.17) is 24.1 Å². The van der Waals surface area contributed by atoms with Gasteiger partial charge < -0.3 is 18.5 Å². The fourth-order valence-electron chi connectivity index (χ4n) is 8.79. The van der Waals surface area contributed by atoms with Crippen LogP contribution in [0, 0.1) is 26.0 Å². The monoisotopic (exact) mass is 930 g/mol. The zero-order valence-electron chi connectivity index (χ0n) is 31.6. The van der Waals surface area contributed by atoms with Crippen LogP contribution in [0.25, 0.3) is 77.6 Å². The first kappa shape index (κ1) is 34.7. The molecule has 0 N–H and O–H groups in total. The number of aryl methyl sites for hydroxylation is 2. The third kappa shape index (κ3) is 5.34. The van der Waals surface area contributed by atoms with Crippen LogP contribution in [0.5, 0.6) is 11.5 Å². The Balaban J connectivity index is 0.00000385. The predicted molar refractivity (Wildman–Crippen MR) is 226 cm³/mol. The molecule has 280 valence electrons. The number of benzene rings is 6. The van der Waals surface area contributed by atoms with Crippen molar-refractivity contribution in [1.82, 2.24) is 23.9 Å². The Morgan fingerprint density at radius 1 is 0.672 bits per heavy atom. The molecule has 5 heterocycles. The van der Waals surface area contributed by atoms with Crippen molar-refractivity contribution >= 4 is 60.6 Å². The van der Waals surface area contributed by atoms with Crippen molar-refractivity contribution in [2.24, 2.45) is 0 Å². The summed E-state index contributed by atoms with van der Waals surface area (Å²) in [6, 6.07) is 49.2. The van der Waals surface area contributed by atoms with Gasteiger partial charge in [0.2, 0.25) is 5.78 Å². The van der Waals surface area contributed by atoms with Gasteiger partial charge in [-0.25, -0.2) is 9.97 Å². The van der Waals surface area contributed by atoms with E-state index in [9.17, 15) is 0 Å². The Kier molecular flexibility index (Phi) is 7.92. The Hall–Kier alpha value is -6.56. The number of rotatable bonds is 5. The van der Waals surface area contributed by atoms with Gasteiger partial charge in [0, 0.05) is 34.7 Å². The topological polar surface area (TPSA) is 70.4 Å². The second-order valence-electron chi connectivity index (χ2n) is 15.2. The Morgan fingerprint density at radius 2 is 1.50 bits per heavy atom. The molecular formula is C50H33N5O2Pt. The Labute approximate surface area is 347 Å². The number of pyridine rings is 2. The SMILES string of the molecule is Cc1cnc(-n2c3[c-]c(Oc4[c-]c(-c5cc6c(cn5)CC(c5ccccc5)C6)c5oc6c7ccccc7ccc6c5c4)ccc3n3c4ccccc4nc23)cc1C.[Pt+2]. The van der Waals surface area contributed by atoms with Gasteiger partial charge in [0.05, 0.1) is 16.6 Å². The number of hydrogen-bond acceptors (Lipinski definition) is 5. The average molecular weight is 931 g/mol. The molecule has 6 aromatic carbocycles. The largest absolute Gasteiger partial charge is 2.00 e. The molecule has 1 unspecified atom stereocenters. The summed E-state index contributed by atoms with van der Waals surface area (Å²) in [4.78, 5) is 15.0. The van der Waals surface area contributed by atoms with E-state index in [1.54, 1.807) is 0 Å². The minimum absolute atomic E-state index is 0. The molecule has 58 heavy (non-hydrogen) atoms. The van der Waals surface area contributed by atoms with E-state index in [1.807, 2.05) is 42.7 Å². The second kappa shape index (κ2) is 13.3. The molecule has 0 radical (unpaired) electrons. The zero-order valence-corrected chi connectivity index (χ0v) is 33.8. The van der Waals surface area contributed by atoms with E-state index in [0.29, 0.717) is 17.4 Å². The summed E-state index contributed by atoms with van der Waals surface area (Å²) < 4.78 is 17.8. The summed E-state index contributed by atoms with van der Waals surface area (Å²) in [6.45, 7) is 4.18. The normalized spacial score (nSPS) is 13.9. The number of para-hydroxylation sites is 2. The van der Waals surface area contributed by atoms with Gasteiger partial charge in [-0.1, -0.05) is 108 Å². The number of fused-ring (bicyclic) bond motifs is 11. The zero-order chi connectivity index (χ0) is 37.8. The minimum Gasteiger partial charge on any atom is -0.503 e. The number of furan rings is 1. The third-order valence-electron chi connectivity index (χ3n) is 11.8. The molecule has 0 bridgehead atoms.